The molecule has 20 heavy (non-hydrogen) atoms. The number of carbonyl (C=O) groups excluding carboxylic acids is 1. The van der Waals surface area contributed by atoms with Crippen molar-refractivity contribution in [3.8, 4) is 5.75 Å². The van der Waals surface area contributed by atoms with E-state index in [1.807, 2.05) is 5.38 Å². The smallest absolute Gasteiger partial charge is 0.153 e. The highest BCUT2D eigenvalue weighted by molar-refractivity contribution is 7.09. The van der Waals surface area contributed by atoms with E-state index in [-0.39, 0.29) is 6.61 Å². The van der Waals surface area contributed by atoms with Crippen LogP contribution in [0, 0.1) is 0 Å². The van der Waals surface area contributed by atoms with E-state index in [1.165, 1.54) is 6.07 Å². The molecule has 0 fully saturated rings. The zero-order valence-corrected chi connectivity index (χ0v) is 13.4. The molecule has 0 saturated heterocycles. The number of hydrogen-bond acceptors (Lipinski definition) is 4. The third kappa shape index (κ3) is 3.51. The van der Waals surface area contributed by atoms with Gasteiger partial charge in [-0.1, -0.05) is 37.0 Å². The second-order valence-corrected chi connectivity index (χ2v) is 6.28. The van der Waals surface area contributed by atoms with Crippen LogP contribution in [0.4, 0.5) is 0 Å². The fraction of sp³-hybridized carbons (Fsp3) is 0.286. The number of aromatic nitrogens is 1. The highest BCUT2D eigenvalue weighted by Gasteiger charge is 2.12. The summed E-state index contributed by atoms with van der Waals surface area (Å²) in [4.78, 5) is 15.5. The Hall–Kier alpha value is -1.10. The first-order valence-corrected chi connectivity index (χ1v) is 7.66. The molecule has 0 N–H and O–H groups in total. The average Bonchev–Trinajstić information content (AvgIpc) is 2.85. The zero-order valence-electron chi connectivity index (χ0n) is 11.0. The second-order valence-electron chi connectivity index (χ2n) is 4.54. The maximum Gasteiger partial charge on any atom is 0.153 e. The van der Waals surface area contributed by atoms with Gasteiger partial charge < -0.3 is 4.74 Å². The first-order valence-electron chi connectivity index (χ1n) is 6.02. The average molecular weight is 330 g/mol. The van der Waals surface area contributed by atoms with Crippen LogP contribution < -0.4 is 4.74 Å². The van der Waals surface area contributed by atoms with Crippen LogP contribution in [0.25, 0.3) is 0 Å². The maximum atomic E-state index is 11.0. The Morgan fingerprint density at radius 2 is 2.15 bits per heavy atom. The number of carbonyl (C=O) groups is 1. The minimum Gasteiger partial charge on any atom is -0.485 e. The van der Waals surface area contributed by atoms with Gasteiger partial charge in [-0.2, -0.15) is 0 Å². The van der Waals surface area contributed by atoms with Crippen molar-refractivity contribution in [3.63, 3.8) is 0 Å². The van der Waals surface area contributed by atoms with Crippen molar-refractivity contribution in [1.82, 2.24) is 4.98 Å². The summed E-state index contributed by atoms with van der Waals surface area (Å²) >= 11 is 13.5. The molecule has 0 amide bonds. The lowest BCUT2D eigenvalue weighted by atomic mass is 10.2. The van der Waals surface area contributed by atoms with Crippen molar-refractivity contribution in [3.05, 3.63) is 43.8 Å². The van der Waals surface area contributed by atoms with Crippen LogP contribution in [0.2, 0.25) is 10.0 Å². The summed E-state index contributed by atoms with van der Waals surface area (Å²) in [5, 5.41) is 3.72. The van der Waals surface area contributed by atoms with Crippen molar-refractivity contribution in [2.24, 2.45) is 0 Å². The molecule has 3 nitrogen and oxygen atoms in total. The first kappa shape index (κ1) is 15.3. The number of thiazole rings is 1. The lowest BCUT2D eigenvalue weighted by molar-refractivity contribution is 0.111. The van der Waals surface area contributed by atoms with Gasteiger partial charge in [0.15, 0.2) is 6.29 Å². The van der Waals surface area contributed by atoms with E-state index in [2.05, 4.69) is 18.8 Å². The van der Waals surface area contributed by atoms with E-state index in [4.69, 9.17) is 27.9 Å². The van der Waals surface area contributed by atoms with E-state index in [0.717, 1.165) is 10.7 Å². The van der Waals surface area contributed by atoms with Gasteiger partial charge in [0, 0.05) is 16.3 Å². The summed E-state index contributed by atoms with van der Waals surface area (Å²) in [6.45, 7) is 4.44. The molecule has 0 saturated carbocycles. The summed E-state index contributed by atoms with van der Waals surface area (Å²) in [6, 6.07) is 3.07. The summed E-state index contributed by atoms with van der Waals surface area (Å²) in [6.07, 6.45) is 0.674. The predicted molar refractivity (Wildman–Crippen MR) is 82.4 cm³/mol. The Labute approximate surface area is 131 Å². The lowest BCUT2D eigenvalue weighted by Crippen LogP contribution is -2.00. The van der Waals surface area contributed by atoms with Crippen LogP contribution in [0.15, 0.2) is 17.5 Å². The van der Waals surface area contributed by atoms with Gasteiger partial charge >= 0.3 is 0 Å². The van der Waals surface area contributed by atoms with Crippen LogP contribution in [0.3, 0.4) is 0 Å². The highest BCUT2D eigenvalue weighted by Crippen LogP contribution is 2.32. The topological polar surface area (TPSA) is 39.2 Å². The molecule has 0 bridgehead atoms. The molecule has 1 heterocycles. The largest absolute Gasteiger partial charge is 0.485 e. The normalized spacial score (nSPS) is 10.8. The Morgan fingerprint density at radius 3 is 2.75 bits per heavy atom. The number of ether oxygens (including phenoxy) is 1. The van der Waals surface area contributed by atoms with Gasteiger partial charge in [-0.05, 0) is 12.1 Å². The SMILES string of the molecule is CC(C)c1nc(COc2c(Cl)cc(Cl)cc2C=O)cs1. The molecule has 0 aliphatic heterocycles. The van der Waals surface area contributed by atoms with Crippen molar-refractivity contribution in [1.29, 1.82) is 0 Å². The summed E-state index contributed by atoms with van der Waals surface area (Å²) in [5.41, 5.74) is 1.16. The van der Waals surface area contributed by atoms with Gasteiger partial charge in [0.2, 0.25) is 0 Å². The second kappa shape index (κ2) is 6.57. The number of nitrogens with zero attached hydrogens (tertiary/aromatic N) is 1. The van der Waals surface area contributed by atoms with Gasteiger partial charge in [0.05, 0.1) is 21.3 Å². The monoisotopic (exact) mass is 329 g/mol. The fourth-order valence-electron chi connectivity index (χ4n) is 1.62. The Morgan fingerprint density at radius 1 is 1.40 bits per heavy atom. The molecule has 0 unspecified atom stereocenters. The third-order valence-corrected chi connectivity index (χ3v) is 4.28. The van der Waals surface area contributed by atoms with Gasteiger partial charge in [-0.15, -0.1) is 11.3 Å². The van der Waals surface area contributed by atoms with Crippen LogP contribution in [0.1, 0.15) is 40.8 Å². The van der Waals surface area contributed by atoms with Crippen molar-refractivity contribution in [2.75, 3.05) is 0 Å². The van der Waals surface area contributed by atoms with E-state index in [1.54, 1.807) is 17.4 Å². The standard InChI is InChI=1S/C14H13Cl2NO2S/c1-8(2)14-17-11(7-20-14)6-19-13-9(5-18)3-10(15)4-12(13)16/h3-5,7-8H,6H2,1-2H3. The number of hydrogen-bond donors (Lipinski definition) is 0. The number of aldehydes is 1. The molecule has 1 aromatic heterocycles. The van der Waals surface area contributed by atoms with Gasteiger partial charge in [-0.25, -0.2) is 4.98 Å². The molecule has 6 heteroatoms. The minimum atomic E-state index is 0.269. The molecule has 2 rings (SSSR count). The number of benzene rings is 1. The summed E-state index contributed by atoms with van der Waals surface area (Å²) < 4.78 is 5.62. The van der Waals surface area contributed by atoms with Gasteiger partial charge in [0.25, 0.3) is 0 Å². The van der Waals surface area contributed by atoms with Gasteiger partial charge in [-0.3, -0.25) is 4.79 Å². The lowest BCUT2D eigenvalue weighted by Gasteiger charge is -2.09. The Bertz CT molecular complexity index is 626. The summed E-state index contributed by atoms with van der Waals surface area (Å²) in [7, 11) is 0. The third-order valence-electron chi connectivity index (χ3n) is 2.59. The molecule has 0 radical (unpaired) electrons. The molecule has 0 spiro atoms. The maximum absolute atomic E-state index is 11.0. The zero-order chi connectivity index (χ0) is 14.7. The van der Waals surface area contributed by atoms with Crippen molar-refractivity contribution in [2.45, 2.75) is 26.4 Å². The van der Waals surface area contributed by atoms with E-state index >= 15 is 0 Å². The Balaban J connectivity index is 2.16. The van der Waals surface area contributed by atoms with Crippen LogP contribution in [0.5, 0.6) is 5.75 Å². The van der Waals surface area contributed by atoms with Crippen molar-refractivity contribution >= 4 is 40.8 Å². The minimum absolute atomic E-state index is 0.269. The molecular weight excluding hydrogens is 317 g/mol. The van der Waals surface area contributed by atoms with Crippen LogP contribution >= 0.6 is 34.5 Å². The molecule has 2 aromatic rings. The van der Waals surface area contributed by atoms with E-state index < -0.39 is 0 Å². The number of rotatable bonds is 5. The Kier molecular flexibility index (Phi) is 5.02. The van der Waals surface area contributed by atoms with Crippen LogP contribution in [-0.2, 0) is 6.61 Å². The molecule has 106 valence electrons. The predicted octanol–water partition coefficient (Wildman–Crippen LogP) is 4.96. The molecule has 0 aliphatic carbocycles. The quantitative estimate of drug-likeness (QED) is 0.727. The number of halogens is 2. The van der Waals surface area contributed by atoms with Gasteiger partial charge in [0.1, 0.15) is 12.4 Å². The first-order chi connectivity index (χ1) is 9.51. The van der Waals surface area contributed by atoms with E-state index in [9.17, 15) is 4.79 Å². The molecule has 1 aromatic carbocycles. The summed E-state index contributed by atoms with van der Waals surface area (Å²) in [5.74, 6) is 0.726. The fourth-order valence-corrected chi connectivity index (χ4v) is 3.00. The van der Waals surface area contributed by atoms with Crippen molar-refractivity contribution < 1.29 is 9.53 Å². The molecule has 0 atom stereocenters. The highest BCUT2D eigenvalue weighted by atomic mass is 35.5. The molecular formula is C14H13Cl2NO2S. The van der Waals surface area contributed by atoms with Crippen LogP contribution in [-0.4, -0.2) is 11.3 Å². The molecule has 0 aliphatic rings. The van der Waals surface area contributed by atoms with E-state index in [0.29, 0.717) is 33.6 Å².